The molecule has 1 aromatic heterocycles. The minimum Gasteiger partial charge on any atom is -0.493 e. The van der Waals surface area contributed by atoms with Crippen LogP contribution in [0.2, 0.25) is 0 Å². The minimum absolute atomic E-state index is 0.0651. The number of para-hydroxylation sites is 1. The third-order valence-electron chi connectivity index (χ3n) is 4.87. The molecular formula is C21H20BrF4N3O2. The first-order valence-electron chi connectivity index (χ1n) is 9.46. The van der Waals surface area contributed by atoms with Gasteiger partial charge in [0, 0.05) is 23.6 Å². The summed E-state index contributed by atoms with van der Waals surface area (Å²) in [4.78, 5) is 19.3. The normalized spacial score (nSPS) is 13.9. The number of halogens is 5. The average molecular weight is 502 g/mol. The van der Waals surface area contributed by atoms with Gasteiger partial charge in [-0.05, 0) is 41.4 Å². The van der Waals surface area contributed by atoms with Crippen molar-refractivity contribution in [3.63, 3.8) is 0 Å². The number of hydrogen-bond donors (Lipinski definition) is 2. The van der Waals surface area contributed by atoms with Gasteiger partial charge in [0.1, 0.15) is 17.4 Å². The average Bonchev–Trinajstić information content (AvgIpc) is 2.68. The summed E-state index contributed by atoms with van der Waals surface area (Å²) >= 11 is 3.03. The zero-order chi connectivity index (χ0) is 22.9. The molecule has 3 aromatic rings. The third kappa shape index (κ3) is 5.07. The number of hydrogen-bond acceptors (Lipinski definition) is 4. The van der Waals surface area contributed by atoms with Crippen molar-refractivity contribution in [1.82, 2.24) is 9.97 Å². The molecular weight excluding hydrogens is 482 g/mol. The first-order valence-corrected chi connectivity index (χ1v) is 10.3. The highest BCUT2D eigenvalue weighted by atomic mass is 79.9. The molecule has 0 spiro atoms. The molecule has 1 heterocycles. The molecule has 2 atom stereocenters. The van der Waals surface area contributed by atoms with E-state index in [9.17, 15) is 22.4 Å². The molecule has 2 aromatic carbocycles. The van der Waals surface area contributed by atoms with E-state index in [1.807, 2.05) is 0 Å². The predicted molar refractivity (Wildman–Crippen MR) is 113 cm³/mol. The lowest BCUT2D eigenvalue weighted by Gasteiger charge is -2.20. The number of rotatable bonds is 6. The van der Waals surface area contributed by atoms with Crippen LogP contribution in [0.5, 0.6) is 5.75 Å². The Morgan fingerprint density at radius 1 is 1.26 bits per heavy atom. The van der Waals surface area contributed by atoms with E-state index < -0.39 is 29.2 Å². The number of nitrogens with zero attached hydrogens (tertiary/aromatic N) is 1. The number of nitrogens with two attached hydrogens (primary N) is 1. The number of alkyl halides is 3. The smallest absolute Gasteiger partial charge is 0.419 e. The van der Waals surface area contributed by atoms with Gasteiger partial charge in [-0.3, -0.25) is 4.79 Å². The molecule has 0 saturated carbocycles. The fraction of sp³-hybridized carbons (Fsp3) is 0.333. The number of ether oxygens (including phenoxy) is 1. The van der Waals surface area contributed by atoms with Crippen LogP contribution in [0.15, 0.2) is 39.6 Å². The molecule has 5 nitrogen and oxygen atoms in total. The Balaban J connectivity index is 1.82. The molecule has 0 saturated heterocycles. The van der Waals surface area contributed by atoms with Gasteiger partial charge in [-0.15, -0.1) is 0 Å². The SMILES string of the molecule is C[C@H](CCOc1c([C@@H](C)N)cccc1C(F)(F)F)c1nc2cc(F)c(Br)cc2c(=O)[nH]1. The number of H-pyrrole nitrogens is 1. The molecule has 0 aliphatic heterocycles. The highest BCUT2D eigenvalue weighted by molar-refractivity contribution is 9.10. The second kappa shape index (κ2) is 8.96. The molecule has 0 amide bonds. The summed E-state index contributed by atoms with van der Waals surface area (Å²) in [5.74, 6) is -0.927. The Kier molecular flexibility index (Phi) is 6.70. The molecule has 0 unspecified atom stereocenters. The number of fused-ring (bicyclic) bond motifs is 1. The monoisotopic (exact) mass is 501 g/mol. The van der Waals surface area contributed by atoms with E-state index in [-0.39, 0.29) is 45.6 Å². The van der Waals surface area contributed by atoms with Crippen LogP contribution in [-0.2, 0) is 6.18 Å². The zero-order valence-electron chi connectivity index (χ0n) is 16.7. The molecule has 0 bridgehead atoms. The Hall–Kier alpha value is -2.46. The molecule has 0 aliphatic rings. The van der Waals surface area contributed by atoms with Crippen LogP contribution < -0.4 is 16.0 Å². The fourth-order valence-corrected chi connectivity index (χ4v) is 3.50. The Morgan fingerprint density at radius 2 is 1.97 bits per heavy atom. The van der Waals surface area contributed by atoms with Crippen LogP contribution in [0.25, 0.3) is 10.9 Å². The summed E-state index contributed by atoms with van der Waals surface area (Å²) < 4.78 is 59.7. The van der Waals surface area contributed by atoms with Gasteiger partial charge in [0.15, 0.2) is 0 Å². The quantitative estimate of drug-likeness (QED) is 0.441. The van der Waals surface area contributed by atoms with E-state index in [4.69, 9.17) is 10.5 Å². The summed E-state index contributed by atoms with van der Waals surface area (Å²) in [6.45, 7) is 3.25. The molecule has 31 heavy (non-hydrogen) atoms. The maximum Gasteiger partial charge on any atom is 0.419 e. The summed E-state index contributed by atoms with van der Waals surface area (Å²) in [5.41, 5.74) is 4.92. The molecule has 10 heteroatoms. The Morgan fingerprint density at radius 3 is 2.61 bits per heavy atom. The van der Waals surface area contributed by atoms with E-state index in [0.717, 1.165) is 12.1 Å². The van der Waals surface area contributed by atoms with Crippen LogP contribution in [0.3, 0.4) is 0 Å². The molecule has 166 valence electrons. The van der Waals surface area contributed by atoms with Gasteiger partial charge in [0.05, 0.1) is 27.5 Å². The van der Waals surface area contributed by atoms with Gasteiger partial charge in [-0.25, -0.2) is 9.37 Å². The lowest BCUT2D eigenvalue weighted by molar-refractivity contribution is -0.139. The van der Waals surface area contributed by atoms with Gasteiger partial charge in [0.2, 0.25) is 0 Å². The van der Waals surface area contributed by atoms with E-state index in [0.29, 0.717) is 5.82 Å². The highest BCUT2D eigenvalue weighted by Crippen LogP contribution is 2.40. The summed E-state index contributed by atoms with van der Waals surface area (Å²) in [6.07, 6.45) is -4.33. The summed E-state index contributed by atoms with van der Waals surface area (Å²) in [7, 11) is 0. The van der Waals surface area contributed by atoms with Crippen LogP contribution in [-0.4, -0.2) is 16.6 Å². The van der Waals surface area contributed by atoms with Gasteiger partial charge < -0.3 is 15.5 Å². The van der Waals surface area contributed by atoms with Gasteiger partial charge >= 0.3 is 6.18 Å². The topological polar surface area (TPSA) is 81.0 Å². The first kappa shape index (κ1) is 23.2. The van der Waals surface area contributed by atoms with Gasteiger partial charge in [-0.2, -0.15) is 13.2 Å². The van der Waals surface area contributed by atoms with Crippen molar-refractivity contribution in [2.24, 2.45) is 5.73 Å². The largest absolute Gasteiger partial charge is 0.493 e. The molecule has 0 fully saturated rings. The fourth-order valence-electron chi connectivity index (χ4n) is 3.16. The van der Waals surface area contributed by atoms with Crippen molar-refractivity contribution in [2.45, 2.75) is 38.4 Å². The molecule has 0 radical (unpaired) electrons. The highest BCUT2D eigenvalue weighted by Gasteiger charge is 2.35. The second-order valence-electron chi connectivity index (χ2n) is 7.28. The maximum absolute atomic E-state index is 13.8. The number of benzene rings is 2. The summed E-state index contributed by atoms with van der Waals surface area (Å²) in [5, 5.41) is 0.223. The van der Waals surface area contributed by atoms with Crippen molar-refractivity contribution in [2.75, 3.05) is 6.61 Å². The Bertz CT molecular complexity index is 1160. The molecule has 3 N–H and O–H groups in total. The van der Waals surface area contributed by atoms with Crippen molar-refractivity contribution in [3.8, 4) is 5.75 Å². The van der Waals surface area contributed by atoms with Crippen molar-refractivity contribution in [1.29, 1.82) is 0 Å². The van der Waals surface area contributed by atoms with Crippen LogP contribution in [0, 0.1) is 5.82 Å². The van der Waals surface area contributed by atoms with Gasteiger partial charge in [-0.1, -0.05) is 19.1 Å². The summed E-state index contributed by atoms with van der Waals surface area (Å²) in [6, 6.07) is 5.57. The van der Waals surface area contributed by atoms with Gasteiger partial charge in [0.25, 0.3) is 5.56 Å². The van der Waals surface area contributed by atoms with E-state index in [1.54, 1.807) is 13.8 Å². The van der Waals surface area contributed by atoms with Crippen molar-refractivity contribution < 1.29 is 22.3 Å². The van der Waals surface area contributed by atoms with E-state index >= 15 is 0 Å². The molecule has 0 aliphatic carbocycles. The predicted octanol–water partition coefficient (Wildman–Crippen LogP) is 5.44. The number of aromatic nitrogens is 2. The van der Waals surface area contributed by atoms with E-state index in [2.05, 4.69) is 25.9 Å². The number of nitrogens with one attached hydrogen (secondary N) is 1. The Labute approximate surface area is 183 Å². The van der Waals surface area contributed by atoms with Crippen LogP contribution in [0.1, 0.15) is 49.2 Å². The standard InChI is InChI=1S/C21H20BrF4N3O2/c1-10(19-28-17-9-16(23)15(22)8-13(17)20(30)29-19)6-7-31-18-12(11(2)27)4-3-5-14(18)21(24,25)26/h3-5,8-11H,6-7,27H2,1-2H3,(H,28,29,30)/t10-,11-/m1/s1. The lowest BCUT2D eigenvalue weighted by atomic mass is 10.0. The van der Waals surface area contributed by atoms with Crippen LogP contribution >= 0.6 is 15.9 Å². The van der Waals surface area contributed by atoms with E-state index in [1.165, 1.54) is 18.2 Å². The third-order valence-corrected chi connectivity index (χ3v) is 5.48. The maximum atomic E-state index is 13.8. The van der Waals surface area contributed by atoms with Crippen molar-refractivity contribution >= 4 is 26.8 Å². The zero-order valence-corrected chi connectivity index (χ0v) is 18.3. The lowest BCUT2D eigenvalue weighted by Crippen LogP contribution is -2.17. The molecule has 3 rings (SSSR count). The number of aromatic amines is 1. The van der Waals surface area contributed by atoms with Crippen molar-refractivity contribution in [3.05, 3.63) is 67.9 Å². The first-order chi connectivity index (χ1) is 14.5. The minimum atomic E-state index is -4.59. The van der Waals surface area contributed by atoms with Crippen LogP contribution in [0.4, 0.5) is 17.6 Å². The second-order valence-corrected chi connectivity index (χ2v) is 8.14.